The topological polar surface area (TPSA) is 37.3 Å². The van der Waals surface area contributed by atoms with Crippen LogP contribution < -0.4 is 0 Å². The van der Waals surface area contributed by atoms with Crippen molar-refractivity contribution in [2.45, 2.75) is 71.4 Å². The molecule has 1 N–H and O–H groups in total. The molecule has 0 aromatic carbocycles. The molecule has 0 aliphatic heterocycles. The Bertz CT molecular complexity index is 171. The van der Waals surface area contributed by atoms with Crippen molar-refractivity contribution in [2.75, 3.05) is 0 Å². The van der Waals surface area contributed by atoms with Gasteiger partial charge < -0.3 is 0 Å². The van der Waals surface area contributed by atoms with Gasteiger partial charge in [0.2, 0.25) is 0 Å². The van der Waals surface area contributed by atoms with Gasteiger partial charge in [0.25, 0.3) is 0 Å². The average molecular weight is 233 g/mol. The van der Waals surface area contributed by atoms with Crippen LogP contribution in [0.15, 0.2) is 0 Å². The average Bonchev–Trinajstić information content (AvgIpc) is 2.22. The maximum Gasteiger partial charge on any atom is 0.508 e. The van der Waals surface area contributed by atoms with Gasteiger partial charge in [0.05, 0.1) is 0 Å². The Morgan fingerprint density at radius 3 is 2.00 bits per heavy atom. The lowest BCUT2D eigenvalue weighted by Crippen LogP contribution is -2.16. The van der Waals surface area contributed by atoms with Crippen LogP contribution in [0.3, 0.4) is 0 Å². The van der Waals surface area contributed by atoms with E-state index in [9.17, 15) is 9.46 Å². The molecule has 0 heterocycles. The van der Waals surface area contributed by atoms with Crippen LogP contribution in [0.4, 0.5) is 0 Å². The summed E-state index contributed by atoms with van der Waals surface area (Å²) in [6.45, 7) is 6.44. The van der Waals surface area contributed by atoms with E-state index in [1.54, 1.807) is 0 Å². The predicted octanol–water partition coefficient (Wildman–Crippen LogP) is 4.50. The third kappa shape index (κ3) is 6.27. The van der Waals surface area contributed by atoms with Gasteiger partial charge >= 0.3 is 8.03 Å². The van der Waals surface area contributed by atoms with Crippen LogP contribution in [0.25, 0.3) is 0 Å². The summed E-state index contributed by atoms with van der Waals surface area (Å²) >= 11 is 0. The van der Waals surface area contributed by atoms with E-state index in [-0.39, 0.29) is 5.66 Å². The van der Waals surface area contributed by atoms with E-state index in [2.05, 4.69) is 20.8 Å². The molecule has 3 atom stereocenters. The van der Waals surface area contributed by atoms with Gasteiger partial charge in [-0.15, -0.1) is 0 Å². The highest BCUT2D eigenvalue weighted by Crippen LogP contribution is 2.37. The summed E-state index contributed by atoms with van der Waals surface area (Å²) in [7, 11) is -1.99. The molecule has 0 aromatic rings. The van der Waals surface area contributed by atoms with Crippen molar-refractivity contribution in [1.29, 1.82) is 0 Å². The summed E-state index contributed by atoms with van der Waals surface area (Å²) in [5.74, 6) is 0.449. The van der Waals surface area contributed by atoms with Gasteiger partial charge in [-0.25, -0.2) is 0 Å². The van der Waals surface area contributed by atoms with E-state index in [0.29, 0.717) is 5.92 Å². The van der Waals surface area contributed by atoms with Gasteiger partial charge in [0, 0.05) is 5.92 Å². The smallest absolute Gasteiger partial charge is 0.161 e. The molecule has 0 amide bonds. The molecule has 0 aliphatic carbocycles. The van der Waals surface area contributed by atoms with Crippen LogP contribution in [0.2, 0.25) is 0 Å². The first-order valence-corrected chi connectivity index (χ1v) is 7.60. The highest BCUT2D eigenvalue weighted by molar-refractivity contribution is 7.38. The van der Waals surface area contributed by atoms with Crippen LogP contribution in [-0.4, -0.2) is 10.6 Å². The molecule has 2 nitrogen and oxygen atoms in total. The molecule has 0 bridgehead atoms. The molecule has 15 heavy (non-hydrogen) atoms. The minimum Gasteiger partial charge on any atom is -0.161 e. The third-order valence-corrected chi connectivity index (χ3v) is 4.38. The Hall–Kier alpha value is 0.0600. The molecule has 90 valence electrons. The van der Waals surface area contributed by atoms with Crippen molar-refractivity contribution in [3.8, 4) is 0 Å². The lowest BCUT2D eigenvalue weighted by atomic mass is 9.92. The summed E-state index contributed by atoms with van der Waals surface area (Å²) in [4.78, 5) is 9.35. The Kier molecular flexibility index (Phi) is 9.33. The Balaban J connectivity index is 4.20. The van der Waals surface area contributed by atoms with Crippen molar-refractivity contribution in [3.05, 3.63) is 0 Å². The fourth-order valence-corrected chi connectivity index (χ4v) is 3.20. The monoisotopic (exact) mass is 233 g/mol. The zero-order valence-electron chi connectivity index (χ0n) is 10.4. The molecule has 0 saturated heterocycles. The molecular weight excluding hydrogens is 207 g/mol. The van der Waals surface area contributed by atoms with Crippen LogP contribution in [0, 0.1) is 5.92 Å². The minimum atomic E-state index is -1.99. The van der Waals surface area contributed by atoms with Gasteiger partial charge in [-0.2, -0.15) is 4.89 Å². The molecule has 3 heteroatoms. The molecule has 0 radical (unpaired) electrons. The van der Waals surface area contributed by atoms with Crippen LogP contribution in [0.5, 0.6) is 0 Å². The van der Waals surface area contributed by atoms with E-state index < -0.39 is 8.03 Å². The second-order valence-corrected chi connectivity index (χ2v) is 5.59. The van der Waals surface area contributed by atoms with Crippen LogP contribution in [-0.2, 0) is 4.57 Å². The molecule has 0 fully saturated rings. The van der Waals surface area contributed by atoms with E-state index in [1.165, 1.54) is 12.8 Å². The molecule has 0 rings (SSSR count). The van der Waals surface area contributed by atoms with Gasteiger partial charge in [0.1, 0.15) is 0 Å². The SMILES string of the molecule is CCCCC(CC)C(CCCC)[P+](=O)O. The predicted molar refractivity (Wildman–Crippen MR) is 66.4 cm³/mol. The van der Waals surface area contributed by atoms with Crippen molar-refractivity contribution in [1.82, 2.24) is 0 Å². The van der Waals surface area contributed by atoms with E-state index >= 15 is 0 Å². The maximum absolute atomic E-state index is 11.3. The van der Waals surface area contributed by atoms with Crippen LogP contribution in [0.1, 0.15) is 65.7 Å². The summed E-state index contributed by atoms with van der Waals surface area (Å²) in [6, 6.07) is 0. The van der Waals surface area contributed by atoms with E-state index in [4.69, 9.17) is 0 Å². The van der Waals surface area contributed by atoms with Gasteiger partial charge in [0.15, 0.2) is 5.66 Å². The Morgan fingerprint density at radius 2 is 1.60 bits per heavy atom. The largest absolute Gasteiger partial charge is 0.508 e. The van der Waals surface area contributed by atoms with Crippen molar-refractivity contribution in [2.24, 2.45) is 5.92 Å². The molecular formula is C12H26O2P+. The van der Waals surface area contributed by atoms with Gasteiger partial charge in [-0.1, -0.05) is 40.0 Å². The standard InChI is InChI=1S/C12H25O2P/c1-4-7-9-11(6-3)12(15(13)14)10-8-5-2/h11-12H,4-10H2,1-3H3/p+1. The number of hydrogen-bond donors (Lipinski definition) is 1. The summed E-state index contributed by atoms with van der Waals surface area (Å²) in [5.41, 5.74) is 0.0384. The first-order chi connectivity index (χ1) is 7.17. The normalized spacial score (nSPS) is 16.1. The number of hydrogen-bond acceptors (Lipinski definition) is 1. The highest BCUT2D eigenvalue weighted by Gasteiger charge is 2.35. The molecule has 0 saturated carbocycles. The first kappa shape index (κ1) is 15.1. The zero-order valence-corrected chi connectivity index (χ0v) is 11.3. The number of rotatable bonds is 9. The number of unbranched alkanes of at least 4 members (excludes halogenated alkanes) is 2. The molecule has 0 aromatic heterocycles. The quantitative estimate of drug-likeness (QED) is 0.595. The summed E-state index contributed by atoms with van der Waals surface area (Å²) < 4.78 is 11.3. The van der Waals surface area contributed by atoms with Gasteiger partial charge in [-0.3, -0.25) is 0 Å². The fourth-order valence-electron chi connectivity index (χ4n) is 2.07. The second kappa shape index (κ2) is 9.30. The summed E-state index contributed by atoms with van der Waals surface area (Å²) in [5, 5.41) is 0. The lowest BCUT2D eigenvalue weighted by Gasteiger charge is -2.16. The molecule has 0 spiro atoms. The second-order valence-electron chi connectivity index (χ2n) is 4.32. The van der Waals surface area contributed by atoms with Gasteiger partial charge in [-0.05, 0) is 30.2 Å². The van der Waals surface area contributed by atoms with E-state index in [0.717, 1.165) is 32.1 Å². The summed E-state index contributed by atoms with van der Waals surface area (Å²) in [6.07, 6.45) is 7.63. The van der Waals surface area contributed by atoms with Crippen LogP contribution >= 0.6 is 8.03 Å². The molecule has 3 unspecified atom stereocenters. The fraction of sp³-hybridized carbons (Fsp3) is 1.00. The Morgan fingerprint density at radius 1 is 1.07 bits per heavy atom. The zero-order chi connectivity index (χ0) is 11.7. The maximum atomic E-state index is 11.3. The highest BCUT2D eigenvalue weighted by atomic mass is 31.1. The van der Waals surface area contributed by atoms with Crippen molar-refractivity contribution >= 4 is 8.03 Å². The minimum absolute atomic E-state index is 0.0384. The van der Waals surface area contributed by atoms with Crippen molar-refractivity contribution in [3.63, 3.8) is 0 Å². The van der Waals surface area contributed by atoms with E-state index in [1.807, 2.05) is 0 Å². The Labute approximate surface area is 95.3 Å². The lowest BCUT2D eigenvalue weighted by molar-refractivity contribution is 0.379. The van der Waals surface area contributed by atoms with Crippen molar-refractivity contribution < 1.29 is 9.46 Å². The molecule has 0 aliphatic rings. The first-order valence-electron chi connectivity index (χ1n) is 6.32. The third-order valence-electron chi connectivity index (χ3n) is 3.13.